The van der Waals surface area contributed by atoms with E-state index in [-0.39, 0.29) is 19.1 Å². The van der Waals surface area contributed by atoms with Crippen molar-refractivity contribution in [2.45, 2.75) is 37.1 Å². The Morgan fingerprint density at radius 2 is 1.85 bits per heavy atom. The predicted molar refractivity (Wildman–Crippen MR) is 80.4 cm³/mol. The fraction of sp³-hybridized carbons (Fsp3) is 0.533. The minimum atomic E-state index is -0.929. The largest absolute Gasteiger partial charge is 0.394 e. The molecule has 1 aliphatic carbocycles. The van der Waals surface area contributed by atoms with Crippen molar-refractivity contribution < 1.29 is 15.0 Å². The maximum absolute atomic E-state index is 12.6. The minimum absolute atomic E-state index is 0.107. The molecule has 0 spiro atoms. The maximum atomic E-state index is 12.6. The Hall–Kier alpha value is -0.910. The number of hydrogen-bond acceptors (Lipinski definition) is 3. The van der Waals surface area contributed by atoms with Crippen LogP contribution in [-0.4, -0.2) is 34.9 Å². The van der Waals surface area contributed by atoms with Gasteiger partial charge in [0.05, 0.1) is 24.2 Å². The molecule has 1 fully saturated rings. The normalized spacial score (nSPS) is 16.8. The van der Waals surface area contributed by atoms with E-state index >= 15 is 0 Å². The first kappa shape index (κ1) is 15.5. The Morgan fingerprint density at radius 1 is 1.30 bits per heavy atom. The molecule has 0 bridgehead atoms. The quantitative estimate of drug-likeness (QED) is 0.738. The molecule has 0 atom stereocenters. The van der Waals surface area contributed by atoms with Gasteiger partial charge < -0.3 is 15.5 Å². The number of hydrogen-bond donors (Lipinski definition) is 3. The van der Waals surface area contributed by atoms with Gasteiger partial charge in [-0.1, -0.05) is 35.0 Å². The molecule has 1 amide bonds. The molecule has 1 saturated carbocycles. The van der Waals surface area contributed by atoms with Gasteiger partial charge in [-0.25, -0.2) is 0 Å². The second kappa shape index (κ2) is 5.84. The number of aliphatic hydroxyl groups excluding tert-OH is 2. The molecule has 1 aliphatic rings. The Labute approximate surface area is 127 Å². The first-order valence-corrected chi connectivity index (χ1v) is 7.61. The molecule has 1 aromatic rings. The van der Waals surface area contributed by atoms with Crippen LogP contribution in [0.5, 0.6) is 0 Å². The van der Waals surface area contributed by atoms with Crippen LogP contribution in [0.2, 0.25) is 0 Å². The van der Waals surface area contributed by atoms with Crippen molar-refractivity contribution >= 4 is 21.8 Å². The molecule has 2 rings (SSSR count). The third kappa shape index (κ3) is 2.75. The molecule has 4 nitrogen and oxygen atoms in total. The molecular weight excluding hydrogens is 322 g/mol. The summed E-state index contributed by atoms with van der Waals surface area (Å²) in [5.74, 6) is -0.107. The smallest absolute Gasteiger partial charge is 0.231 e. The molecule has 0 saturated heterocycles. The van der Waals surface area contributed by atoms with E-state index in [0.717, 1.165) is 22.9 Å². The number of aliphatic hydroxyl groups is 2. The average Bonchev–Trinajstić information content (AvgIpc) is 3.27. The lowest BCUT2D eigenvalue weighted by Crippen LogP contribution is -2.56. The van der Waals surface area contributed by atoms with Crippen LogP contribution in [0.3, 0.4) is 0 Å². The van der Waals surface area contributed by atoms with Crippen LogP contribution in [0, 0.1) is 0 Å². The van der Waals surface area contributed by atoms with Gasteiger partial charge in [-0.05, 0) is 37.0 Å². The van der Waals surface area contributed by atoms with E-state index in [2.05, 4.69) is 21.2 Å². The van der Waals surface area contributed by atoms with Gasteiger partial charge in [0.2, 0.25) is 5.91 Å². The van der Waals surface area contributed by atoms with Crippen LogP contribution in [-0.2, 0) is 10.2 Å². The highest BCUT2D eigenvalue weighted by molar-refractivity contribution is 9.10. The standard InChI is InChI=1S/C15H20BrNO3/c1-2-14(9-18,10-19)17-13(20)15(7-8-15)11-3-5-12(16)6-4-11/h3-6,18-19H,2,7-10H2,1H3,(H,17,20). The molecule has 5 heteroatoms. The SMILES string of the molecule is CCC(CO)(CO)NC(=O)C1(c2ccc(Br)cc2)CC1. The van der Waals surface area contributed by atoms with Crippen LogP contribution in [0.25, 0.3) is 0 Å². The van der Waals surface area contributed by atoms with Crippen LogP contribution in [0.1, 0.15) is 31.7 Å². The van der Waals surface area contributed by atoms with Crippen LogP contribution < -0.4 is 5.32 Å². The zero-order valence-electron chi connectivity index (χ0n) is 11.5. The zero-order chi connectivity index (χ0) is 14.8. The van der Waals surface area contributed by atoms with Crippen molar-refractivity contribution in [2.24, 2.45) is 0 Å². The lowest BCUT2D eigenvalue weighted by atomic mass is 9.91. The first-order chi connectivity index (χ1) is 9.52. The molecule has 0 aliphatic heterocycles. The summed E-state index contributed by atoms with van der Waals surface area (Å²) in [6.45, 7) is 1.32. The minimum Gasteiger partial charge on any atom is -0.394 e. The molecular formula is C15H20BrNO3. The van der Waals surface area contributed by atoms with Gasteiger partial charge in [0.25, 0.3) is 0 Å². The van der Waals surface area contributed by atoms with E-state index in [1.165, 1.54) is 0 Å². The highest BCUT2D eigenvalue weighted by Crippen LogP contribution is 2.48. The van der Waals surface area contributed by atoms with Crippen LogP contribution in [0.15, 0.2) is 28.7 Å². The van der Waals surface area contributed by atoms with Gasteiger partial charge in [-0.2, -0.15) is 0 Å². The molecule has 1 aromatic carbocycles. The van der Waals surface area contributed by atoms with Crippen molar-refractivity contribution in [2.75, 3.05) is 13.2 Å². The fourth-order valence-electron chi connectivity index (χ4n) is 2.34. The van der Waals surface area contributed by atoms with Crippen LogP contribution >= 0.6 is 15.9 Å². The highest BCUT2D eigenvalue weighted by Gasteiger charge is 2.52. The maximum Gasteiger partial charge on any atom is 0.231 e. The van der Waals surface area contributed by atoms with E-state index in [9.17, 15) is 15.0 Å². The van der Waals surface area contributed by atoms with Gasteiger partial charge in [-0.15, -0.1) is 0 Å². The van der Waals surface area contributed by atoms with E-state index < -0.39 is 11.0 Å². The number of amides is 1. The third-order valence-electron chi connectivity index (χ3n) is 4.24. The summed E-state index contributed by atoms with van der Waals surface area (Å²) in [5.41, 5.74) is -0.438. The highest BCUT2D eigenvalue weighted by atomic mass is 79.9. The zero-order valence-corrected chi connectivity index (χ0v) is 13.1. The number of halogens is 1. The fourth-order valence-corrected chi connectivity index (χ4v) is 2.61. The molecule has 0 aromatic heterocycles. The Kier molecular flexibility index (Phi) is 4.52. The van der Waals surface area contributed by atoms with Crippen LogP contribution in [0.4, 0.5) is 0 Å². The van der Waals surface area contributed by atoms with Gasteiger partial charge >= 0.3 is 0 Å². The summed E-state index contributed by atoms with van der Waals surface area (Å²) in [4.78, 5) is 12.6. The van der Waals surface area contributed by atoms with Crippen molar-refractivity contribution in [3.8, 4) is 0 Å². The predicted octanol–water partition coefficient (Wildman–Crippen LogP) is 1.73. The van der Waals surface area contributed by atoms with Crippen molar-refractivity contribution in [3.63, 3.8) is 0 Å². The molecule has 3 N–H and O–H groups in total. The number of benzene rings is 1. The van der Waals surface area contributed by atoms with Gasteiger partial charge in [-0.3, -0.25) is 4.79 Å². The number of carbonyl (C=O) groups excluding carboxylic acids is 1. The summed E-state index contributed by atoms with van der Waals surface area (Å²) in [5, 5.41) is 21.7. The third-order valence-corrected chi connectivity index (χ3v) is 4.77. The Morgan fingerprint density at radius 3 is 2.25 bits per heavy atom. The van der Waals surface area contributed by atoms with E-state index in [0.29, 0.717) is 6.42 Å². The Bertz CT molecular complexity index is 470. The second-order valence-corrected chi connectivity index (χ2v) is 6.41. The lowest BCUT2D eigenvalue weighted by molar-refractivity contribution is -0.127. The lowest BCUT2D eigenvalue weighted by Gasteiger charge is -2.32. The summed E-state index contributed by atoms with van der Waals surface area (Å²) in [6.07, 6.45) is 2.09. The summed E-state index contributed by atoms with van der Waals surface area (Å²) >= 11 is 3.39. The molecule has 0 radical (unpaired) electrons. The average molecular weight is 342 g/mol. The summed E-state index contributed by atoms with van der Waals surface area (Å²) in [6, 6.07) is 7.74. The van der Waals surface area contributed by atoms with Gasteiger partial charge in [0.1, 0.15) is 0 Å². The van der Waals surface area contributed by atoms with Crippen molar-refractivity contribution in [1.29, 1.82) is 0 Å². The number of carbonyl (C=O) groups is 1. The topological polar surface area (TPSA) is 69.6 Å². The first-order valence-electron chi connectivity index (χ1n) is 6.82. The molecule has 0 unspecified atom stereocenters. The van der Waals surface area contributed by atoms with Gasteiger partial charge in [0, 0.05) is 4.47 Å². The molecule has 0 heterocycles. The number of rotatable bonds is 6. The van der Waals surface area contributed by atoms with E-state index in [4.69, 9.17) is 0 Å². The number of nitrogens with one attached hydrogen (secondary N) is 1. The second-order valence-electron chi connectivity index (χ2n) is 5.49. The molecule has 20 heavy (non-hydrogen) atoms. The van der Waals surface area contributed by atoms with Crippen molar-refractivity contribution in [1.82, 2.24) is 5.32 Å². The summed E-state index contributed by atoms with van der Waals surface area (Å²) in [7, 11) is 0. The van der Waals surface area contributed by atoms with E-state index in [1.54, 1.807) is 0 Å². The van der Waals surface area contributed by atoms with Gasteiger partial charge in [0.15, 0.2) is 0 Å². The summed E-state index contributed by atoms with van der Waals surface area (Å²) < 4.78 is 0.978. The van der Waals surface area contributed by atoms with E-state index in [1.807, 2.05) is 31.2 Å². The monoisotopic (exact) mass is 341 g/mol. The molecule has 110 valence electrons. The Balaban J connectivity index is 2.18. The van der Waals surface area contributed by atoms with Crippen molar-refractivity contribution in [3.05, 3.63) is 34.3 Å².